The third-order valence-corrected chi connectivity index (χ3v) is 4.74. The first-order valence-corrected chi connectivity index (χ1v) is 8.76. The number of ether oxygens (including phenoxy) is 2. The van der Waals surface area contributed by atoms with Crippen molar-refractivity contribution in [3.63, 3.8) is 0 Å². The second kappa shape index (κ2) is 8.47. The lowest BCUT2D eigenvalue weighted by Crippen LogP contribution is -2.34. The number of hydrogen-bond acceptors (Lipinski definition) is 4. The highest BCUT2D eigenvalue weighted by Crippen LogP contribution is 2.41. The molecule has 3 rings (SSSR count). The summed E-state index contributed by atoms with van der Waals surface area (Å²) in [6.07, 6.45) is 0.941. The van der Waals surface area contributed by atoms with Crippen LogP contribution in [-0.2, 0) is 0 Å². The predicted molar refractivity (Wildman–Crippen MR) is 96.8 cm³/mol. The van der Waals surface area contributed by atoms with Crippen LogP contribution in [0.25, 0.3) is 0 Å². The fraction of sp³-hybridized carbons (Fsp3) is 0.400. The zero-order valence-corrected chi connectivity index (χ0v) is 15.1. The quantitative estimate of drug-likeness (QED) is 0.884. The van der Waals surface area contributed by atoms with Gasteiger partial charge in [-0.2, -0.15) is 0 Å². The van der Waals surface area contributed by atoms with E-state index in [1.165, 1.54) is 12.1 Å². The van der Waals surface area contributed by atoms with E-state index in [-0.39, 0.29) is 0 Å². The first-order chi connectivity index (χ1) is 12.7. The standard InChI is InChI=1S/C20H24F2N2O2/c1-25-17-5-3-6-18(26-2)19(17)20(24-11-4-9-23-10-12-24)15-8-7-14(21)13-16(15)22/h3,5-8,13,20,23H,4,9-12H2,1-2H3. The minimum atomic E-state index is -0.588. The molecule has 1 heterocycles. The van der Waals surface area contributed by atoms with Crippen LogP contribution in [0.1, 0.15) is 23.6 Å². The molecule has 1 aliphatic rings. The molecule has 0 aliphatic carbocycles. The van der Waals surface area contributed by atoms with Gasteiger partial charge in [0, 0.05) is 31.3 Å². The molecule has 140 valence electrons. The largest absolute Gasteiger partial charge is 0.496 e. The number of halogens is 2. The van der Waals surface area contributed by atoms with Crippen molar-refractivity contribution in [1.82, 2.24) is 10.2 Å². The van der Waals surface area contributed by atoms with Crippen molar-refractivity contribution >= 4 is 0 Å². The van der Waals surface area contributed by atoms with Crippen molar-refractivity contribution in [2.45, 2.75) is 12.5 Å². The number of hydrogen-bond donors (Lipinski definition) is 1. The number of rotatable bonds is 5. The molecule has 0 amide bonds. The minimum absolute atomic E-state index is 0.413. The summed E-state index contributed by atoms with van der Waals surface area (Å²) >= 11 is 0. The van der Waals surface area contributed by atoms with Gasteiger partial charge in [0.25, 0.3) is 0 Å². The molecule has 0 bridgehead atoms. The smallest absolute Gasteiger partial charge is 0.131 e. The summed E-state index contributed by atoms with van der Waals surface area (Å²) in [7, 11) is 3.17. The van der Waals surface area contributed by atoms with Crippen LogP contribution in [0.5, 0.6) is 11.5 Å². The van der Waals surface area contributed by atoms with Gasteiger partial charge in [0.15, 0.2) is 0 Å². The molecular formula is C20H24F2N2O2. The lowest BCUT2D eigenvalue weighted by atomic mass is 9.94. The molecule has 0 radical (unpaired) electrons. The molecule has 1 unspecified atom stereocenters. The highest BCUT2D eigenvalue weighted by Gasteiger charge is 2.31. The second-order valence-electron chi connectivity index (χ2n) is 6.28. The van der Waals surface area contributed by atoms with Gasteiger partial charge in [0.1, 0.15) is 23.1 Å². The Hall–Kier alpha value is -2.18. The van der Waals surface area contributed by atoms with E-state index in [9.17, 15) is 8.78 Å². The van der Waals surface area contributed by atoms with Crippen LogP contribution >= 0.6 is 0 Å². The van der Waals surface area contributed by atoms with Gasteiger partial charge in [0.2, 0.25) is 0 Å². The minimum Gasteiger partial charge on any atom is -0.496 e. The molecule has 0 aromatic heterocycles. The molecule has 2 aromatic carbocycles. The maximum atomic E-state index is 14.8. The third kappa shape index (κ3) is 3.81. The zero-order chi connectivity index (χ0) is 18.5. The Bertz CT molecular complexity index is 724. The fourth-order valence-electron chi connectivity index (χ4n) is 3.53. The van der Waals surface area contributed by atoms with E-state index in [2.05, 4.69) is 10.2 Å². The van der Waals surface area contributed by atoms with Gasteiger partial charge in [0.05, 0.1) is 25.8 Å². The topological polar surface area (TPSA) is 33.7 Å². The van der Waals surface area contributed by atoms with Crippen LogP contribution in [0.15, 0.2) is 36.4 Å². The highest BCUT2D eigenvalue weighted by molar-refractivity contribution is 5.51. The van der Waals surface area contributed by atoms with Gasteiger partial charge in [-0.3, -0.25) is 4.90 Å². The molecular weight excluding hydrogens is 338 g/mol. The van der Waals surface area contributed by atoms with Gasteiger partial charge >= 0.3 is 0 Å². The molecule has 1 aliphatic heterocycles. The fourth-order valence-corrected chi connectivity index (χ4v) is 3.53. The second-order valence-corrected chi connectivity index (χ2v) is 6.28. The Balaban J connectivity index is 2.18. The molecule has 0 saturated carbocycles. The predicted octanol–water partition coefficient (Wildman–Crippen LogP) is 3.37. The lowest BCUT2D eigenvalue weighted by Gasteiger charge is -2.33. The maximum absolute atomic E-state index is 14.8. The maximum Gasteiger partial charge on any atom is 0.131 e. The van der Waals surface area contributed by atoms with Crippen molar-refractivity contribution in [1.29, 1.82) is 0 Å². The third-order valence-electron chi connectivity index (χ3n) is 4.74. The molecule has 1 N–H and O–H groups in total. The van der Waals surface area contributed by atoms with Crippen molar-refractivity contribution in [3.05, 3.63) is 59.2 Å². The number of nitrogens with zero attached hydrogens (tertiary/aromatic N) is 1. The molecule has 1 fully saturated rings. The van der Waals surface area contributed by atoms with E-state index >= 15 is 0 Å². The van der Waals surface area contributed by atoms with Gasteiger partial charge in [-0.1, -0.05) is 12.1 Å². The molecule has 6 heteroatoms. The number of methoxy groups -OCH3 is 2. The van der Waals surface area contributed by atoms with Gasteiger partial charge in [-0.15, -0.1) is 0 Å². The van der Waals surface area contributed by atoms with Crippen molar-refractivity contribution in [2.75, 3.05) is 40.4 Å². The Labute approximate surface area is 152 Å². The Kier molecular flexibility index (Phi) is 6.06. The average Bonchev–Trinajstić information content (AvgIpc) is 2.93. The van der Waals surface area contributed by atoms with Crippen molar-refractivity contribution in [2.24, 2.45) is 0 Å². The number of nitrogens with one attached hydrogen (secondary N) is 1. The molecule has 2 aromatic rings. The van der Waals surface area contributed by atoms with E-state index < -0.39 is 17.7 Å². The summed E-state index contributed by atoms with van der Waals surface area (Å²) in [5.41, 5.74) is 1.17. The van der Waals surface area contributed by atoms with E-state index in [1.807, 2.05) is 18.2 Å². The van der Waals surface area contributed by atoms with E-state index in [0.717, 1.165) is 44.2 Å². The number of benzene rings is 2. The summed E-state index contributed by atoms with van der Waals surface area (Å²) in [5, 5.41) is 3.36. The van der Waals surface area contributed by atoms with Crippen LogP contribution < -0.4 is 14.8 Å². The Morgan fingerprint density at radius 1 is 1.00 bits per heavy atom. The summed E-state index contributed by atoms with van der Waals surface area (Å²) in [6.45, 7) is 3.24. The van der Waals surface area contributed by atoms with Crippen LogP contribution in [0, 0.1) is 11.6 Å². The molecule has 1 atom stereocenters. The Morgan fingerprint density at radius 2 is 1.73 bits per heavy atom. The molecule has 4 nitrogen and oxygen atoms in total. The average molecular weight is 362 g/mol. The molecule has 0 spiro atoms. The summed E-state index contributed by atoms with van der Waals surface area (Å²) < 4.78 is 39.4. The summed E-state index contributed by atoms with van der Waals surface area (Å²) in [5.74, 6) is 0.0836. The monoisotopic (exact) mass is 362 g/mol. The zero-order valence-electron chi connectivity index (χ0n) is 15.1. The van der Waals surface area contributed by atoms with E-state index in [0.29, 0.717) is 17.1 Å². The van der Waals surface area contributed by atoms with Gasteiger partial charge in [-0.05, 0) is 31.2 Å². The van der Waals surface area contributed by atoms with Gasteiger partial charge in [-0.25, -0.2) is 8.78 Å². The highest BCUT2D eigenvalue weighted by atomic mass is 19.1. The normalized spacial score (nSPS) is 16.8. The van der Waals surface area contributed by atoms with E-state index in [1.54, 1.807) is 14.2 Å². The summed E-state index contributed by atoms with van der Waals surface area (Å²) in [6, 6.07) is 8.82. The van der Waals surface area contributed by atoms with Crippen LogP contribution in [-0.4, -0.2) is 45.3 Å². The van der Waals surface area contributed by atoms with Crippen molar-refractivity contribution in [3.8, 4) is 11.5 Å². The van der Waals surface area contributed by atoms with E-state index in [4.69, 9.17) is 9.47 Å². The van der Waals surface area contributed by atoms with Crippen LogP contribution in [0.2, 0.25) is 0 Å². The SMILES string of the molecule is COc1cccc(OC)c1C(c1ccc(F)cc1F)N1CCCNCC1. The Morgan fingerprint density at radius 3 is 2.38 bits per heavy atom. The van der Waals surface area contributed by atoms with Crippen LogP contribution in [0.4, 0.5) is 8.78 Å². The van der Waals surface area contributed by atoms with Crippen molar-refractivity contribution < 1.29 is 18.3 Å². The van der Waals surface area contributed by atoms with Gasteiger partial charge < -0.3 is 14.8 Å². The first kappa shape index (κ1) is 18.6. The summed E-state index contributed by atoms with van der Waals surface area (Å²) in [4.78, 5) is 2.19. The molecule has 1 saturated heterocycles. The first-order valence-electron chi connectivity index (χ1n) is 8.76. The lowest BCUT2D eigenvalue weighted by molar-refractivity contribution is 0.226. The van der Waals surface area contributed by atoms with Crippen LogP contribution in [0.3, 0.4) is 0 Å². The molecule has 26 heavy (non-hydrogen) atoms.